The first kappa shape index (κ1) is 22.1. The number of carbonyl (C=O) groups is 4. The molecule has 182 valence electrons. The molecule has 1 atom stereocenters. The number of carbonyl (C=O) groups excluding carboxylic acids is 4. The molecule has 10 nitrogen and oxygen atoms in total. The van der Waals surface area contributed by atoms with Crippen LogP contribution in [0.1, 0.15) is 59.2 Å². The van der Waals surface area contributed by atoms with E-state index in [0.29, 0.717) is 11.4 Å². The van der Waals surface area contributed by atoms with Crippen LogP contribution in [0.2, 0.25) is 0 Å². The second-order valence-electron chi connectivity index (χ2n) is 9.27. The summed E-state index contributed by atoms with van der Waals surface area (Å²) >= 11 is 0. The predicted molar refractivity (Wildman–Crippen MR) is 126 cm³/mol. The lowest BCUT2D eigenvalue weighted by molar-refractivity contribution is -0.136. The normalized spacial score (nSPS) is 20.1. The SMILES string of the molecule is O=C1CCC(N2C(=O)c3ccc(-n4cc(-c5ccc(OC6CCCC6)cc5)nn4)cc3C2=O)C(=O)N1. The van der Waals surface area contributed by atoms with Crippen molar-refractivity contribution >= 4 is 23.6 Å². The second kappa shape index (κ2) is 8.71. The standard InChI is InChI=1S/C26H23N5O5/c32-23-12-11-22(24(33)27-23)31-25(34)19-10-7-16(13-20(19)26(31)35)30-14-21(28-29-30)15-5-8-18(9-6-15)36-17-3-1-2-4-17/h5-10,13-14,17,22H,1-4,11-12H2,(H,27,32,33). The summed E-state index contributed by atoms with van der Waals surface area (Å²) in [6, 6.07) is 11.5. The Morgan fingerprint density at radius 3 is 2.39 bits per heavy atom. The number of rotatable bonds is 5. The van der Waals surface area contributed by atoms with Gasteiger partial charge in [-0.1, -0.05) is 5.21 Å². The van der Waals surface area contributed by atoms with Crippen molar-refractivity contribution in [1.82, 2.24) is 25.2 Å². The predicted octanol–water partition coefficient (Wildman–Crippen LogP) is 2.66. The van der Waals surface area contributed by atoms with Gasteiger partial charge in [-0.25, -0.2) is 4.68 Å². The lowest BCUT2D eigenvalue weighted by atomic mass is 10.0. The van der Waals surface area contributed by atoms with Crippen molar-refractivity contribution in [3.63, 3.8) is 0 Å². The molecule has 2 aliphatic heterocycles. The summed E-state index contributed by atoms with van der Waals surface area (Å²) in [6.07, 6.45) is 6.83. The number of fused-ring (bicyclic) bond motifs is 1. The maximum Gasteiger partial charge on any atom is 0.262 e. The zero-order valence-corrected chi connectivity index (χ0v) is 19.3. The fourth-order valence-corrected chi connectivity index (χ4v) is 5.03. The van der Waals surface area contributed by atoms with Crippen molar-refractivity contribution in [1.29, 1.82) is 0 Å². The van der Waals surface area contributed by atoms with E-state index in [9.17, 15) is 19.2 Å². The van der Waals surface area contributed by atoms with Gasteiger partial charge in [-0.05, 0) is 74.6 Å². The molecule has 0 bridgehead atoms. The van der Waals surface area contributed by atoms with Gasteiger partial charge in [-0.2, -0.15) is 0 Å². The molecule has 1 aromatic heterocycles. The fraction of sp³-hybridized carbons (Fsp3) is 0.308. The highest BCUT2D eigenvalue weighted by Gasteiger charge is 2.44. The number of hydrogen-bond acceptors (Lipinski definition) is 7. The molecular formula is C26H23N5O5. The van der Waals surface area contributed by atoms with Crippen LogP contribution in [0.3, 0.4) is 0 Å². The van der Waals surface area contributed by atoms with Crippen LogP contribution in [0.5, 0.6) is 5.75 Å². The number of ether oxygens (including phenoxy) is 1. The van der Waals surface area contributed by atoms with Gasteiger partial charge in [-0.3, -0.25) is 29.4 Å². The van der Waals surface area contributed by atoms with Crippen molar-refractivity contribution in [2.75, 3.05) is 0 Å². The van der Waals surface area contributed by atoms with E-state index in [-0.39, 0.29) is 30.1 Å². The molecule has 36 heavy (non-hydrogen) atoms. The number of imide groups is 2. The van der Waals surface area contributed by atoms with E-state index in [1.807, 2.05) is 24.3 Å². The summed E-state index contributed by atoms with van der Waals surface area (Å²) in [5.41, 5.74) is 2.48. The molecule has 2 fully saturated rings. The van der Waals surface area contributed by atoms with Gasteiger partial charge < -0.3 is 4.74 Å². The van der Waals surface area contributed by atoms with Crippen molar-refractivity contribution in [2.45, 2.75) is 50.7 Å². The molecule has 3 heterocycles. The van der Waals surface area contributed by atoms with Gasteiger partial charge in [0.25, 0.3) is 11.8 Å². The highest BCUT2D eigenvalue weighted by molar-refractivity contribution is 6.23. The molecule has 3 aromatic rings. The summed E-state index contributed by atoms with van der Waals surface area (Å²) in [5, 5.41) is 10.6. The number of hydrogen-bond donors (Lipinski definition) is 1. The van der Waals surface area contributed by atoms with Crippen LogP contribution >= 0.6 is 0 Å². The maximum absolute atomic E-state index is 13.1. The summed E-state index contributed by atoms with van der Waals surface area (Å²) in [6.45, 7) is 0. The third-order valence-corrected chi connectivity index (χ3v) is 6.94. The minimum atomic E-state index is -1.00. The van der Waals surface area contributed by atoms with E-state index < -0.39 is 29.7 Å². The van der Waals surface area contributed by atoms with Crippen LogP contribution in [0.25, 0.3) is 16.9 Å². The van der Waals surface area contributed by atoms with Crippen molar-refractivity contribution < 1.29 is 23.9 Å². The Morgan fingerprint density at radius 2 is 1.64 bits per heavy atom. The maximum atomic E-state index is 13.1. The highest BCUT2D eigenvalue weighted by atomic mass is 16.5. The number of benzene rings is 2. The lowest BCUT2D eigenvalue weighted by Gasteiger charge is -2.27. The van der Waals surface area contributed by atoms with Crippen LogP contribution in [0, 0.1) is 0 Å². The minimum Gasteiger partial charge on any atom is -0.490 e. The Labute approximate surface area is 206 Å². The molecule has 1 saturated carbocycles. The van der Waals surface area contributed by atoms with E-state index in [1.54, 1.807) is 24.4 Å². The van der Waals surface area contributed by atoms with E-state index >= 15 is 0 Å². The van der Waals surface area contributed by atoms with Crippen LogP contribution in [-0.2, 0) is 9.59 Å². The summed E-state index contributed by atoms with van der Waals surface area (Å²) in [4.78, 5) is 50.7. The molecule has 1 unspecified atom stereocenters. The van der Waals surface area contributed by atoms with Gasteiger partial charge in [0.1, 0.15) is 17.5 Å². The number of aromatic nitrogens is 3. The minimum absolute atomic E-state index is 0.0739. The Bertz CT molecular complexity index is 1390. The van der Waals surface area contributed by atoms with E-state index in [0.717, 1.165) is 29.1 Å². The lowest BCUT2D eigenvalue weighted by Crippen LogP contribution is -2.54. The van der Waals surface area contributed by atoms with Gasteiger partial charge in [0.05, 0.1) is 29.1 Å². The van der Waals surface area contributed by atoms with Crippen LogP contribution in [0.4, 0.5) is 0 Å². The number of nitrogens with one attached hydrogen (secondary N) is 1. The molecule has 0 radical (unpaired) electrons. The number of nitrogens with zero attached hydrogens (tertiary/aromatic N) is 4. The first-order valence-corrected chi connectivity index (χ1v) is 12.0. The molecule has 1 aliphatic carbocycles. The number of amides is 4. The van der Waals surface area contributed by atoms with Crippen LogP contribution in [-0.4, -0.2) is 55.7 Å². The Kier molecular flexibility index (Phi) is 5.36. The smallest absolute Gasteiger partial charge is 0.262 e. The first-order valence-electron chi connectivity index (χ1n) is 12.0. The monoisotopic (exact) mass is 485 g/mol. The zero-order chi connectivity index (χ0) is 24.8. The van der Waals surface area contributed by atoms with Crippen molar-refractivity contribution in [3.05, 3.63) is 59.8 Å². The zero-order valence-electron chi connectivity index (χ0n) is 19.3. The topological polar surface area (TPSA) is 123 Å². The average molecular weight is 486 g/mol. The largest absolute Gasteiger partial charge is 0.490 e. The Morgan fingerprint density at radius 1 is 0.889 bits per heavy atom. The molecule has 3 aliphatic rings. The summed E-state index contributed by atoms with van der Waals surface area (Å²) in [5.74, 6) is -1.32. The summed E-state index contributed by atoms with van der Waals surface area (Å²) in [7, 11) is 0. The molecule has 1 saturated heterocycles. The Hall–Kier alpha value is -4.34. The van der Waals surface area contributed by atoms with Crippen LogP contribution < -0.4 is 10.1 Å². The third kappa shape index (κ3) is 3.84. The third-order valence-electron chi connectivity index (χ3n) is 6.94. The molecule has 2 aromatic carbocycles. The van der Waals surface area contributed by atoms with Gasteiger partial charge in [0.15, 0.2) is 0 Å². The fourth-order valence-electron chi connectivity index (χ4n) is 5.03. The highest BCUT2D eigenvalue weighted by Crippen LogP contribution is 2.30. The van der Waals surface area contributed by atoms with E-state index in [4.69, 9.17) is 4.74 Å². The van der Waals surface area contributed by atoms with Crippen molar-refractivity contribution in [2.24, 2.45) is 0 Å². The summed E-state index contributed by atoms with van der Waals surface area (Å²) < 4.78 is 7.55. The van der Waals surface area contributed by atoms with Crippen LogP contribution in [0.15, 0.2) is 48.7 Å². The van der Waals surface area contributed by atoms with E-state index in [2.05, 4.69) is 15.6 Å². The average Bonchev–Trinajstić information content (AvgIpc) is 3.62. The molecule has 10 heteroatoms. The van der Waals surface area contributed by atoms with Gasteiger partial charge in [-0.15, -0.1) is 5.10 Å². The van der Waals surface area contributed by atoms with Crippen molar-refractivity contribution in [3.8, 4) is 22.7 Å². The molecule has 6 rings (SSSR count). The quantitative estimate of drug-likeness (QED) is 0.551. The van der Waals surface area contributed by atoms with Gasteiger partial charge >= 0.3 is 0 Å². The number of piperidine rings is 1. The molecular weight excluding hydrogens is 462 g/mol. The molecule has 4 amide bonds. The first-order chi connectivity index (χ1) is 17.5. The van der Waals surface area contributed by atoms with E-state index in [1.165, 1.54) is 17.5 Å². The van der Waals surface area contributed by atoms with Gasteiger partial charge in [0.2, 0.25) is 11.8 Å². The van der Waals surface area contributed by atoms with Gasteiger partial charge in [0, 0.05) is 12.0 Å². The molecule has 1 N–H and O–H groups in total. The Balaban J connectivity index is 1.21. The second-order valence-corrected chi connectivity index (χ2v) is 9.27. The molecule has 0 spiro atoms.